The molecule has 1 aliphatic rings. The second kappa shape index (κ2) is 7.59. The van der Waals surface area contributed by atoms with Gasteiger partial charge in [-0.1, -0.05) is 12.1 Å². The number of sulfone groups is 1. The molecule has 0 radical (unpaired) electrons. The summed E-state index contributed by atoms with van der Waals surface area (Å²) in [5.74, 6) is 0.103. The fourth-order valence-electron chi connectivity index (χ4n) is 3.27. The van der Waals surface area contributed by atoms with Gasteiger partial charge in [0.1, 0.15) is 4.90 Å². The van der Waals surface area contributed by atoms with Crippen molar-refractivity contribution >= 4 is 32.8 Å². The van der Waals surface area contributed by atoms with Crippen LogP contribution in [0.3, 0.4) is 0 Å². The highest BCUT2D eigenvalue weighted by Crippen LogP contribution is 2.30. The number of nitrogens with zero attached hydrogens (tertiary/aromatic N) is 2. The van der Waals surface area contributed by atoms with E-state index in [1.54, 1.807) is 4.90 Å². The average molecular weight is 403 g/mol. The normalized spacial score (nSPS) is 15.5. The number of rotatable bonds is 6. The molecule has 148 valence electrons. The summed E-state index contributed by atoms with van der Waals surface area (Å²) in [7, 11) is -3.75. The molecule has 28 heavy (non-hydrogen) atoms. The van der Waals surface area contributed by atoms with Crippen LogP contribution in [0.5, 0.6) is 0 Å². The van der Waals surface area contributed by atoms with Gasteiger partial charge < -0.3 is 10.2 Å². The van der Waals surface area contributed by atoms with Gasteiger partial charge in [-0.25, -0.2) is 8.42 Å². The minimum atomic E-state index is -3.75. The van der Waals surface area contributed by atoms with Crippen LogP contribution in [0.1, 0.15) is 31.4 Å². The van der Waals surface area contributed by atoms with E-state index in [9.17, 15) is 23.3 Å². The largest absolute Gasteiger partial charge is 0.378 e. The lowest BCUT2D eigenvalue weighted by Gasteiger charge is -2.20. The van der Waals surface area contributed by atoms with Crippen molar-refractivity contribution < 1.29 is 18.1 Å². The van der Waals surface area contributed by atoms with Crippen LogP contribution in [0.4, 0.5) is 17.1 Å². The molecular formula is C19H21N3O5S. The Morgan fingerprint density at radius 2 is 1.96 bits per heavy atom. The summed E-state index contributed by atoms with van der Waals surface area (Å²) in [6.45, 7) is 2.59. The Hall–Kier alpha value is -2.94. The average Bonchev–Trinajstić information content (AvgIpc) is 3.07. The topological polar surface area (TPSA) is 110 Å². The van der Waals surface area contributed by atoms with Crippen LogP contribution in [-0.4, -0.2) is 32.0 Å². The van der Waals surface area contributed by atoms with E-state index in [0.717, 1.165) is 23.9 Å². The van der Waals surface area contributed by atoms with Crippen LogP contribution >= 0.6 is 0 Å². The maximum absolute atomic E-state index is 12.0. The lowest BCUT2D eigenvalue weighted by molar-refractivity contribution is -0.387. The third kappa shape index (κ3) is 4.14. The second-order valence-corrected chi connectivity index (χ2v) is 8.81. The summed E-state index contributed by atoms with van der Waals surface area (Å²) in [6, 6.07) is 11.3. The van der Waals surface area contributed by atoms with E-state index in [0.29, 0.717) is 18.7 Å². The third-order valence-electron chi connectivity index (χ3n) is 4.69. The summed E-state index contributed by atoms with van der Waals surface area (Å²) >= 11 is 0. The van der Waals surface area contributed by atoms with Crippen LogP contribution < -0.4 is 10.2 Å². The number of nitro benzene ring substituents is 1. The van der Waals surface area contributed by atoms with Crippen LogP contribution in [0.15, 0.2) is 47.4 Å². The maximum atomic E-state index is 12.0. The van der Waals surface area contributed by atoms with E-state index in [1.165, 1.54) is 18.2 Å². The van der Waals surface area contributed by atoms with Gasteiger partial charge in [-0.2, -0.15) is 0 Å². The minimum Gasteiger partial charge on any atom is -0.378 e. The van der Waals surface area contributed by atoms with Gasteiger partial charge in [0.25, 0.3) is 5.69 Å². The van der Waals surface area contributed by atoms with Crippen LogP contribution in [0.25, 0.3) is 0 Å². The first-order valence-corrected chi connectivity index (χ1v) is 10.7. The number of carbonyl (C=O) groups is 1. The number of anilines is 2. The van der Waals surface area contributed by atoms with E-state index in [1.807, 2.05) is 31.2 Å². The first-order valence-electron chi connectivity index (χ1n) is 8.82. The summed E-state index contributed by atoms with van der Waals surface area (Å²) in [5, 5.41) is 14.3. The zero-order chi connectivity index (χ0) is 20.5. The van der Waals surface area contributed by atoms with Gasteiger partial charge in [-0.3, -0.25) is 14.9 Å². The fourth-order valence-corrected chi connectivity index (χ4v) is 4.13. The third-order valence-corrected chi connectivity index (χ3v) is 5.82. The van der Waals surface area contributed by atoms with Gasteiger partial charge in [0.2, 0.25) is 5.91 Å². The van der Waals surface area contributed by atoms with Gasteiger partial charge in [0.05, 0.1) is 4.92 Å². The molecule has 1 aliphatic heterocycles. The molecule has 1 atom stereocenters. The zero-order valence-electron chi connectivity index (χ0n) is 15.6. The molecule has 1 heterocycles. The van der Waals surface area contributed by atoms with Crippen molar-refractivity contribution in [2.75, 3.05) is 23.0 Å². The summed E-state index contributed by atoms with van der Waals surface area (Å²) in [4.78, 5) is 23.8. The predicted molar refractivity (Wildman–Crippen MR) is 106 cm³/mol. The lowest BCUT2D eigenvalue weighted by atomic mass is 10.1. The molecular weight excluding hydrogens is 382 g/mol. The van der Waals surface area contributed by atoms with Crippen LogP contribution in [-0.2, 0) is 14.6 Å². The molecule has 0 bridgehead atoms. The quantitative estimate of drug-likeness (QED) is 0.585. The van der Waals surface area contributed by atoms with Gasteiger partial charge in [0, 0.05) is 42.7 Å². The Balaban J connectivity index is 1.86. The molecule has 2 aromatic rings. The number of hydrogen-bond acceptors (Lipinski definition) is 6. The first kappa shape index (κ1) is 19.8. The minimum absolute atomic E-state index is 0.103. The van der Waals surface area contributed by atoms with Crippen LogP contribution in [0.2, 0.25) is 0 Å². The van der Waals surface area contributed by atoms with Gasteiger partial charge in [-0.15, -0.1) is 0 Å². The van der Waals surface area contributed by atoms with Crippen molar-refractivity contribution in [3.05, 3.63) is 58.1 Å². The highest BCUT2D eigenvalue weighted by molar-refractivity contribution is 7.90. The monoisotopic (exact) mass is 403 g/mol. The molecule has 1 amide bonds. The molecule has 0 aliphatic carbocycles. The summed E-state index contributed by atoms with van der Waals surface area (Å²) in [6.07, 6.45) is 2.34. The number of nitrogens with one attached hydrogen (secondary N) is 1. The van der Waals surface area contributed by atoms with Gasteiger partial charge in [0.15, 0.2) is 9.84 Å². The Labute approximate surface area is 163 Å². The Morgan fingerprint density at radius 1 is 1.21 bits per heavy atom. The molecule has 1 saturated heterocycles. The highest BCUT2D eigenvalue weighted by Gasteiger charge is 2.24. The molecule has 1 fully saturated rings. The highest BCUT2D eigenvalue weighted by atomic mass is 32.2. The number of carbonyl (C=O) groups excluding carboxylic acids is 1. The number of hydrogen-bond donors (Lipinski definition) is 1. The van der Waals surface area contributed by atoms with Crippen LogP contribution in [0, 0.1) is 10.1 Å². The molecule has 1 unspecified atom stereocenters. The predicted octanol–water partition coefficient (Wildman–Crippen LogP) is 3.30. The molecule has 0 aromatic heterocycles. The number of amides is 1. The van der Waals surface area contributed by atoms with Crippen molar-refractivity contribution in [2.24, 2.45) is 0 Å². The second-order valence-electron chi connectivity index (χ2n) is 6.82. The Morgan fingerprint density at radius 3 is 2.57 bits per heavy atom. The summed E-state index contributed by atoms with van der Waals surface area (Å²) in [5.41, 5.74) is 1.75. The SMILES string of the molecule is CC(Nc1ccc([N+](=O)[O-])c(S(C)(=O)=O)c1)c1cccc(N2CCCC2=O)c1. The van der Waals surface area contributed by atoms with Crippen molar-refractivity contribution in [3.63, 3.8) is 0 Å². The van der Waals surface area contributed by atoms with E-state index < -0.39 is 20.4 Å². The molecule has 0 spiro atoms. The van der Waals surface area contributed by atoms with E-state index >= 15 is 0 Å². The molecule has 1 N–H and O–H groups in total. The lowest BCUT2D eigenvalue weighted by Crippen LogP contribution is -2.23. The van der Waals surface area contributed by atoms with Crippen molar-refractivity contribution in [1.29, 1.82) is 0 Å². The molecule has 9 heteroatoms. The van der Waals surface area contributed by atoms with E-state index in [4.69, 9.17) is 0 Å². The Kier molecular flexibility index (Phi) is 5.37. The first-order chi connectivity index (χ1) is 13.2. The fraction of sp³-hybridized carbons (Fsp3) is 0.316. The molecule has 0 saturated carbocycles. The molecule has 2 aromatic carbocycles. The van der Waals surface area contributed by atoms with Crippen molar-refractivity contribution in [2.45, 2.75) is 30.7 Å². The van der Waals surface area contributed by atoms with Gasteiger partial charge in [-0.05, 0) is 43.2 Å². The number of benzene rings is 2. The van der Waals surface area contributed by atoms with E-state index in [-0.39, 0.29) is 16.8 Å². The molecule has 8 nitrogen and oxygen atoms in total. The number of nitro groups is 1. The maximum Gasteiger partial charge on any atom is 0.288 e. The smallest absolute Gasteiger partial charge is 0.288 e. The van der Waals surface area contributed by atoms with Crippen molar-refractivity contribution in [1.82, 2.24) is 0 Å². The van der Waals surface area contributed by atoms with Crippen molar-refractivity contribution in [3.8, 4) is 0 Å². The molecule has 3 rings (SSSR count). The van der Waals surface area contributed by atoms with E-state index in [2.05, 4.69) is 5.32 Å². The summed E-state index contributed by atoms with van der Waals surface area (Å²) < 4.78 is 23.8. The zero-order valence-corrected chi connectivity index (χ0v) is 16.4. The Bertz CT molecular complexity index is 1040. The van der Waals surface area contributed by atoms with Gasteiger partial charge >= 0.3 is 0 Å². The standard InChI is InChI=1S/C19H21N3O5S/c1-13(14-5-3-6-16(11-14)21-10-4-7-19(21)23)20-15-8-9-17(22(24)25)18(12-15)28(2,26)27/h3,5-6,8-9,11-13,20H,4,7,10H2,1-2H3.